The minimum absolute atomic E-state index is 0.0134. The van der Waals surface area contributed by atoms with Crippen LogP contribution >= 0.6 is 0 Å². The van der Waals surface area contributed by atoms with Crippen LogP contribution in [0.4, 0.5) is 24.5 Å². The predicted molar refractivity (Wildman–Crippen MR) is 61.6 cm³/mol. The third kappa shape index (κ3) is 3.05. The third-order valence-electron chi connectivity index (χ3n) is 3.08. The lowest BCUT2D eigenvalue weighted by Gasteiger charge is -2.29. The van der Waals surface area contributed by atoms with Gasteiger partial charge < -0.3 is 11.1 Å². The van der Waals surface area contributed by atoms with Crippen molar-refractivity contribution in [3.63, 3.8) is 0 Å². The Bertz CT molecular complexity index is 397. The molecule has 5 heteroatoms. The zero-order valence-corrected chi connectivity index (χ0v) is 9.35. The molecule has 1 aliphatic carbocycles. The largest absolute Gasteiger partial charge is 0.396 e. The van der Waals surface area contributed by atoms with Crippen LogP contribution in [0.15, 0.2) is 18.2 Å². The quantitative estimate of drug-likeness (QED) is 0.782. The number of hydrogen-bond acceptors (Lipinski definition) is 2. The smallest absolute Gasteiger partial charge is 0.248 e. The van der Waals surface area contributed by atoms with Gasteiger partial charge in [-0.25, -0.2) is 13.2 Å². The molecule has 1 fully saturated rings. The number of alkyl halides is 2. The number of nitrogen functional groups attached to an aromatic ring is 1. The summed E-state index contributed by atoms with van der Waals surface area (Å²) in [6.45, 7) is 0. The maximum atomic E-state index is 12.9. The van der Waals surface area contributed by atoms with Gasteiger partial charge in [-0.1, -0.05) is 0 Å². The predicted octanol–water partition coefficient (Wildman–Crippen LogP) is 3.40. The van der Waals surface area contributed by atoms with Crippen molar-refractivity contribution in [1.29, 1.82) is 0 Å². The van der Waals surface area contributed by atoms with E-state index in [0.29, 0.717) is 18.5 Å². The van der Waals surface area contributed by atoms with Crippen LogP contribution in [0.25, 0.3) is 0 Å². The normalized spacial score (nSPS) is 20.2. The van der Waals surface area contributed by atoms with Crippen molar-refractivity contribution < 1.29 is 13.2 Å². The number of anilines is 2. The van der Waals surface area contributed by atoms with E-state index in [1.54, 1.807) is 6.07 Å². The van der Waals surface area contributed by atoms with Crippen molar-refractivity contribution in [3.05, 3.63) is 24.0 Å². The van der Waals surface area contributed by atoms with Crippen LogP contribution in [-0.2, 0) is 0 Å². The zero-order chi connectivity index (χ0) is 12.5. The summed E-state index contributed by atoms with van der Waals surface area (Å²) in [5.74, 6) is -2.99. The molecule has 1 aromatic carbocycles. The van der Waals surface area contributed by atoms with Gasteiger partial charge in [-0.3, -0.25) is 0 Å². The second kappa shape index (κ2) is 4.47. The van der Waals surface area contributed by atoms with E-state index in [1.165, 1.54) is 12.1 Å². The molecule has 0 bridgehead atoms. The molecule has 0 saturated heterocycles. The van der Waals surface area contributed by atoms with E-state index < -0.39 is 11.7 Å². The van der Waals surface area contributed by atoms with Gasteiger partial charge in [-0.15, -0.1) is 0 Å². The van der Waals surface area contributed by atoms with Crippen molar-refractivity contribution in [2.45, 2.75) is 37.6 Å². The van der Waals surface area contributed by atoms with Gasteiger partial charge in [0.25, 0.3) is 0 Å². The van der Waals surface area contributed by atoms with Gasteiger partial charge in [-0.2, -0.15) is 0 Å². The average Bonchev–Trinajstić information content (AvgIpc) is 2.27. The Morgan fingerprint density at radius 3 is 2.47 bits per heavy atom. The van der Waals surface area contributed by atoms with E-state index >= 15 is 0 Å². The summed E-state index contributed by atoms with van der Waals surface area (Å²) in [7, 11) is 0. The molecule has 17 heavy (non-hydrogen) atoms. The topological polar surface area (TPSA) is 38.0 Å². The molecule has 0 atom stereocenters. The van der Waals surface area contributed by atoms with Crippen molar-refractivity contribution in [1.82, 2.24) is 0 Å². The number of halogens is 3. The van der Waals surface area contributed by atoms with E-state index in [4.69, 9.17) is 5.73 Å². The molecule has 1 aromatic rings. The molecule has 94 valence electrons. The highest BCUT2D eigenvalue weighted by atomic mass is 19.3. The van der Waals surface area contributed by atoms with Crippen LogP contribution in [0.3, 0.4) is 0 Å². The molecular formula is C12H15F3N2. The molecule has 0 aliphatic heterocycles. The second-order valence-electron chi connectivity index (χ2n) is 4.51. The lowest BCUT2D eigenvalue weighted by molar-refractivity contribution is -0.0360. The Kier molecular flexibility index (Phi) is 3.17. The molecule has 3 N–H and O–H groups in total. The van der Waals surface area contributed by atoms with Crippen LogP contribution in [0.1, 0.15) is 25.7 Å². The first-order valence-corrected chi connectivity index (χ1v) is 5.66. The minimum Gasteiger partial charge on any atom is -0.396 e. The van der Waals surface area contributed by atoms with Crippen molar-refractivity contribution in [2.24, 2.45) is 0 Å². The Balaban J connectivity index is 1.95. The lowest BCUT2D eigenvalue weighted by atomic mass is 9.92. The number of benzene rings is 1. The monoisotopic (exact) mass is 244 g/mol. The van der Waals surface area contributed by atoms with E-state index in [-0.39, 0.29) is 24.6 Å². The molecule has 0 spiro atoms. The summed E-state index contributed by atoms with van der Waals surface area (Å²) < 4.78 is 38.8. The summed E-state index contributed by atoms with van der Waals surface area (Å²) in [5, 5.41) is 3.11. The number of rotatable bonds is 2. The van der Waals surface area contributed by atoms with Crippen molar-refractivity contribution >= 4 is 11.4 Å². The Morgan fingerprint density at radius 1 is 1.24 bits per heavy atom. The first kappa shape index (κ1) is 12.1. The standard InChI is InChI=1S/C12H15F3N2/c13-10-2-1-9(7-11(10)16)17-8-3-5-12(14,15)6-4-8/h1-2,7-8,17H,3-6,16H2. The first-order chi connectivity index (χ1) is 7.96. The highest BCUT2D eigenvalue weighted by Crippen LogP contribution is 2.34. The fourth-order valence-electron chi connectivity index (χ4n) is 2.05. The summed E-state index contributed by atoms with van der Waals surface area (Å²) in [5.41, 5.74) is 6.18. The molecule has 1 aliphatic rings. The second-order valence-corrected chi connectivity index (χ2v) is 4.51. The fourth-order valence-corrected chi connectivity index (χ4v) is 2.05. The van der Waals surface area contributed by atoms with Gasteiger partial charge in [0.15, 0.2) is 0 Å². The number of hydrogen-bond donors (Lipinski definition) is 2. The molecule has 2 rings (SSSR count). The van der Waals surface area contributed by atoms with Gasteiger partial charge in [0.1, 0.15) is 5.82 Å². The van der Waals surface area contributed by atoms with Gasteiger partial charge in [-0.05, 0) is 31.0 Å². The minimum atomic E-state index is -2.53. The molecule has 0 amide bonds. The average molecular weight is 244 g/mol. The number of nitrogens with one attached hydrogen (secondary N) is 1. The van der Waals surface area contributed by atoms with Crippen molar-refractivity contribution in [2.75, 3.05) is 11.1 Å². The van der Waals surface area contributed by atoms with Gasteiger partial charge in [0.2, 0.25) is 5.92 Å². The third-order valence-corrected chi connectivity index (χ3v) is 3.08. The van der Waals surface area contributed by atoms with Crippen LogP contribution in [0.5, 0.6) is 0 Å². The SMILES string of the molecule is Nc1cc(NC2CCC(F)(F)CC2)ccc1F. The molecule has 0 aromatic heterocycles. The maximum absolute atomic E-state index is 12.9. The summed E-state index contributed by atoms with van der Waals surface area (Å²) in [4.78, 5) is 0. The molecule has 0 unspecified atom stereocenters. The van der Waals surface area contributed by atoms with Crippen LogP contribution < -0.4 is 11.1 Å². The van der Waals surface area contributed by atoms with E-state index in [0.717, 1.165) is 0 Å². The van der Waals surface area contributed by atoms with E-state index in [9.17, 15) is 13.2 Å². The molecule has 0 radical (unpaired) electrons. The molecule has 0 heterocycles. The van der Waals surface area contributed by atoms with Crippen LogP contribution in [0, 0.1) is 5.82 Å². The summed E-state index contributed by atoms with van der Waals surface area (Å²) in [6, 6.07) is 4.34. The van der Waals surface area contributed by atoms with Crippen LogP contribution in [-0.4, -0.2) is 12.0 Å². The zero-order valence-electron chi connectivity index (χ0n) is 9.35. The molecular weight excluding hydrogens is 229 g/mol. The summed E-state index contributed by atoms with van der Waals surface area (Å²) >= 11 is 0. The highest BCUT2D eigenvalue weighted by molar-refractivity contribution is 5.55. The number of nitrogens with two attached hydrogens (primary N) is 1. The van der Waals surface area contributed by atoms with Gasteiger partial charge in [0, 0.05) is 24.6 Å². The summed E-state index contributed by atoms with van der Waals surface area (Å²) in [6.07, 6.45) is 0.650. The van der Waals surface area contributed by atoms with Crippen LogP contribution in [0.2, 0.25) is 0 Å². The first-order valence-electron chi connectivity index (χ1n) is 5.66. The van der Waals surface area contributed by atoms with Gasteiger partial charge >= 0.3 is 0 Å². The Hall–Kier alpha value is -1.39. The maximum Gasteiger partial charge on any atom is 0.248 e. The van der Waals surface area contributed by atoms with Crippen molar-refractivity contribution in [3.8, 4) is 0 Å². The lowest BCUT2D eigenvalue weighted by Crippen LogP contribution is -2.32. The molecule has 1 saturated carbocycles. The Morgan fingerprint density at radius 2 is 1.88 bits per heavy atom. The van der Waals surface area contributed by atoms with E-state index in [1.807, 2.05) is 0 Å². The Labute approximate surface area is 98.0 Å². The fraction of sp³-hybridized carbons (Fsp3) is 0.500. The van der Waals surface area contributed by atoms with E-state index in [2.05, 4.69) is 5.32 Å². The molecule has 2 nitrogen and oxygen atoms in total. The van der Waals surface area contributed by atoms with Gasteiger partial charge in [0.05, 0.1) is 5.69 Å². The highest BCUT2D eigenvalue weighted by Gasteiger charge is 2.34.